The smallest absolute Gasteiger partial charge is 0.399 e. The van der Waals surface area contributed by atoms with Gasteiger partial charge in [0, 0.05) is 54.5 Å². The van der Waals surface area contributed by atoms with E-state index >= 15 is 0 Å². The molecule has 111 heavy (non-hydrogen) atoms. The molecule has 0 amide bonds. The molecule has 2 saturated heterocycles. The predicted molar refractivity (Wildman–Crippen MR) is 453 cm³/mol. The van der Waals surface area contributed by atoms with E-state index in [0.29, 0.717) is 52.4 Å². The molecule has 0 spiro atoms. The van der Waals surface area contributed by atoms with E-state index in [-0.39, 0.29) is 0 Å². The van der Waals surface area contributed by atoms with Gasteiger partial charge >= 0.3 is 14.2 Å². The molecule has 0 N–H and O–H groups in total. The van der Waals surface area contributed by atoms with Crippen molar-refractivity contribution < 1.29 is 18.6 Å². The largest absolute Gasteiger partial charge is 0.495 e. The van der Waals surface area contributed by atoms with Gasteiger partial charge in [0.05, 0.1) is 22.4 Å². The van der Waals surface area contributed by atoms with Gasteiger partial charge in [-0.05, 0) is 122 Å². The summed E-state index contributed by atoms with van der Waals surface area (Å²) in [4.78, 5) is 43.6. The molecular weight excluding hydrogens is 1430 g/mol. The lowest BCUT2D eigenvalue weighted by atomic mass is 9.63. The van der Waals surface area contributed by atoms with Crippen molar-refractivity contribution in [3.63, 3.8) is 0 Å². The van der Waals surface area contributed by atoms with Gasteiger partial charge in [0.15, 0.2) is 52.4 Å². The van der Waals surface area contributed by atoms with Crippen molar-refractivity contribution in [1.82, 2.24) is 44.9 Å². The first-order valence-corrected chi connectivity index (χ1v) is 38.0. The Morgan fingerprint density at radius 3 is 0.802 bits per heavy atom. The number of hydrogen-bond acceptors (Lipinski definition) is 13. The monoisotopic (exact) mass is 1510 g/mol. The van der Waals surface area contributed by atoms with Crippen LogP contribution >= 0.6 is 15.9 Å². The molecule has 0 radical (unpaired) electrons. The van der Waals surface area contributed by atoms with Crippen LogP contribution in [-0.4, -0.2) is 81.5 Å². The third-order valence-electron chi connectivity index (χ3n) is 21.0. The third kappa shape index (κ3) is 15.6. The van der Waals surface area contributed by atoms with Crippen LogP contribution in [0.25, 0.3) is 146 Å². The highest BCUT2D eigenvalue weighted by Crippen LogP contribution is 2.42. The van der Waals surface area contributed by atoms with Crippen molar-refractivity contribution in [3.8, 4) is 125 Å². The molecule has 13 aromatic carbocycles. The first kappa shape index (κ1) is 73.0. The van der Waals surface area contributed by atoms with E-state index in [0.717, 1.165) is 98.5 Å². The number of nitrogens with zero attached hydrogens (tertiary/aromatic N) is 9. The number of benzene rings is 13. The molecular formula is C95H78B2BrN9O4. The van der Waals surface area contributed by atoms with Gasteiger partial charge in [-0.1, -0.05) is 331 Å². The summed E-state index contributed by atoms with van der Waals surface area (Å²) in [5.41, 5.74) is 13.3. The maximum Gasteiger partial charge on any atom is 0.495 e. The van der Waals surface area contributed by atoms with E-state index in [1.807, 2.05) is 218 Å². The fraction of sp³-hybridized carbons (Fsp3) is 0.126. The van der Waals surface area contributed by atoms with Crippen molar-refractivity contribution in [2.24, 2.45) is 0 Å². The summed E-state index contributed by atoms with van der Waals surface area (Å²) in [5, 5.41) is 4.60. The zero-order chi connectivity index (χ0) is 76.3. The molecule has 16 aromatic rings. The Bertz CT molecular complexity index is 5770. The van der Waals surface area contributed by atoms with E-state index in [1.165, 1.54) is 10.8 Å². The van der Waals surface area contributed by atoms with Crippen molar-refractivity contribution in [3.05, 3.63) is 332 Å². The van der Waals surface area contributed by atoms with E-state index < -0.39 is 36.6 Å². The standard InChI is InChI=1S/C52H34N6.C22H30B2O4.C21H14BrN3/c1-5-16-38(17-6-1)47-53-48(39-18-7-2-8-19-39)56-51(55-47)42-29-25-36(26-30-42)45-34-33-35-15-13-14-24-44(35)46(45)37-27-31-43(32-28-37)52-57-49(40-20-9-3-10-21-40)54-50(58-52)41-22-11-4-12-23-41;1-19(2)20(3,4)26-23(25-19)17-14-13-15-11-9-10-12-16(15)18(17)24-27-21(5,6)22(7,8)28-24;22-18-13-11-17(12-14-18)21-24-19(15-7-3-1-4-8-15)23-20(25-21)16-9-5-2-6-10-16/h1-34H;9-14H,1-8H3;1-14H. The molecule has 2 aliphatic heterocycles. The average molecular weight is 1510 g/mol. The van der Waals surface area contributed by atoms with Crippen LogP contribution in [0.15, 0.2) is 332 Å². The van der Waals surface area contributed by atoms with Crippen LogP contribution in [0.3, 0.4) is 0 Å². The Hall–Kier alpha value is -12.1. The van der Waals surface area contributed by atoms with Crippen LogP contribution in [-0.2, 0) is 18.6 Å². The summed E-state index contributed by atoms with van der Waals surface area (Å²) in [6, 6.07) is 111. The van der Waals surface area contributed by atoms with Crippen LogP contribution in [0.2, 0.25) is 0 Å². The van der Waals surface area contributed by atoms with Crippen molar-refractivity contribution in [1.29, 1.82) is 0 Å². The Kier molecular flexibility index (Phi) is 20.5. The van der Waals surface area contributed by atoms with Crippen LogP contribution in [0, 0.1) is 0 Å². The molecule has 13 nitrogen and oxygen atoms in total. The highest BCUT2D eigenvalue weighted by molar-refractivity contribution is 9.10. The van der Waals surface area contributed by atoms with Gasteiger partial charge < -0.3 is 18.6 Å². The Labute approximate surface area is 656 Å². The van der Waals surface area contributed by atoms with Gasteiger partial charge in [-0.2, -0.15) is 0 Å². The van der Waals surface area contributed by atoms with Gasteiger partial charge in [0.1, 0.15) is 0 Å². The maximum atomic E-state index is 6.43. The molecule has 2 aliphatic rings. The number of halogens is 1. The van der Waals surface area contributed by atoms with Gasteiger partial charge in [0.25, 0.3) is 0 Å². The van der Waals surface area contributed by atoms with Crippen LogP contribution in [0.1, 0.15) is 55.4 Å². The van der Waals surface area contributed by atoms with Gasteiger partial charge in [0.2, 0.25) is 0 Å². The van der Waals surface area contributed by atoms with E-state index in [4.69, 9.17) is 58.5 Å². The number of rotatable bonds is 13. The van der Waals surface area contributed by atoms with Crippen molar-refractivity contribution >= 4 is 62.6 Å². The molecule has 540 valence electrons. The minimum absolute atomic E-state index is 0.406. The van der Waals surface area contributed by atoms with Gasteiger partial charge in [-0.15, -0.1) is 0 Å². The predicted octanol–water partition coefficient (Wildman–Crippen LogP) is 21.6. The minimum atomic E-state index is -0.481. The Balaban J connectivity index is 0.000000146. The van der Waals surface area contributed by atoms with Gasteiger partial charge in [-0.25, -0.2) is 44.9 Å². The van der Waals surface area contributed by atoms with E-state index in [2.05, 4.69) is 185 Å². The van der Waals surface area contributed by atoms with Crippen molar-refractivity contribution in [2.75, 3.05) is 0 Å². The summed E-state index contributed by atoms with van der Waals surface area (Å²) < 4.78 is 26.6. The summed E-state index contributed by atoms with van der Waals surface area (Å²) in [6.07, 6.45) is 0. The second-order valence-electron chi connectivity index (χ2n) is 29.5. The second kappa shape index (κ2) is 31.1. The number of fused-ring (bicyclic) bond motifs is 2. The Morgan fingerprint density at radius 1 is 0.225 bits per heavy atom. The molecule has 0 bridgehead atoms. The quantitative estimate of drug-likeness (QED) is 0.101. The summed E-state index contributed by atoms with van der Waals surface area (Å²) in [6.45, 7) is 16.6. The molecule has 0 aliphatic carbocycles. The van der Waals surface area contributed by atoms with Crippen LogP contribution < -0.4 is 10.9 Å². The summed E-state index contributed by atoms with van der Waals surface area (Å²) in [7, 11) is -0.950. The van der Waals surface area contributed by atoms with Crippen molar-refractivity contribution in [2.45, 2.75) is 77.8 Å². The SMILES string of the molecule is Brc1ccc(-c2nc(-c3ccccc3)nc(-c3ccccc3)n2)cc1.CC1(C)OB(c2ccc3ccccc3c2B2OC(C)(C)C(C)(C)O2)OC1(C)C.c1ccc(-c2nc(-c3ccccc3)nc(-c3ccc(-c4ccc5ccccc5c4-c4ccc(-c5nc(-c6ccccc6)nc(-c6ccccc6)n5)cc4)cc3)n2)cc1. The molecule has 3 aromatic heterocycles. The average Bonchev–Trinajstić information content (AvgIpc) is 1.62. The lowest BCUT2D eigenvalue weighted by Crippen LogP contribution is -2.52. The van der Waals surface area contributed by atoms with E-state index in [9.17, 15) is 0 Å². The summed E-state index contributed by atoms with van der Waals surface area (Å²) >= 11 is 3.47. The zero-order valence-electron chi connectivity index (χ0n) is 62.9. The summed E-state index contributed by atoms with van der Waals surface area (Å²) in [5.74, 6) is 5.81. The lowest BCUT2D eigenvalue weighted by Gasteiger charge is -2.32. The van der Waals surface area contributed by atoms with Gasteiger partial charge in [-0.3, -0.25) is 0 Å². The molecule has 0 atom stereocenters. The second-order valence-corrected chi connectivity index (χ2v) is 30.4. The molecule has 0 saturated carbocycles. The third-order valence-corrected chi connectivity index (χ3v) is 21.5. The van der Waals surface area contributed by atoms with Crippen LogP contribution in [0.4, 0.5) is 0 Å². The fourth-order valence-electron chi connectivity index (χ4n) is 13.5. The zero-order valence-corrected chi connectivity index (χ0v) is 64.5. The molecule has 18 rings (SSSR count). The maximum absolute atomic E-state index is 6.43. The topological polar surface area (TPSA) is 153 Å². The van der Waals surface area contributed by atoms with Crippen LogP contribution in [0.5, 0.6) is 0 Å². The first-order valence-electron chi connectivity index (χ1n) is 37.2. The molecule has 0 unspecified atom stereocenters. The fourth-order valence-corrected chi connectivity index (χ4v) is 13.8. The highest BCUT2D eigenvalue weighted by Gasteiger charge is 2.56. The first-order chi connectivity index (χ1) is 53.9. The number of aromatic nitrogens is 9. The molecule has 5 heterocycles. The highest BCUT2D eigenvalue weighted by atomic mass is 79.9. The molecule has 16 heteroatoms. The lowest BCUT2D eigenvalue weighted by molar-refractivity contribution is 0.00578. The van der Waals surface area contributed by atoms with E-state index in [1.54, 1.807) is 0 Å². The number of hydrogen-bond donors (Lipinski definition) is 0. The Morgan fingerprint density at radius 2 is 0.468 bits per heavy atom. The molecule has 2 fully saturated rings. The normalized spacial score (nSPS) is 14.5. The minimum Gasteiger partial charge on any atom is -0.399 e.